The molecule has 0 heterocycles. The summed E-state index contributed by atoms with van der Waals surface area (Å²) >= 11 is 5.90. The molecule has 2 saturated carbocycles. The number of hydrogen-bond donors (Lipinski definition) is 0. The molecule has 62 valence electrons. The molecule has 2 aliphatic rings. The summed E-state index contributed by atoms with van der Waals surface area (Å²) < 4.78 is 0. The smallest absolute Gasteiger partial charge is 0.263 e. The van der Waals surface area contributed by atoms with Crippen molar-refractivity contribution in [3.8, 4) is 0 Å². The molecule has 3 unspecified atom stereocenters. The van der Waals surface area contributed by atoms with E-state index in [9.17, 15) is 10.1 Å². The van der Waals surface area contributed by atoms with E-state index in [0.29, 0.717) is 12.3 Å². The molecule has 3 nitrogen and oxygen atoms in total. The molecule has 0 aromatic rings. The van der Waals surface area contributed by atoms with Crippen LogP contribution in [0.15, 0.2) is 0 Å². The second-order valence-corrected chi connectivity index (χ2v) is 4.31. The van der Waals surface area contributed by atoms with Crippen LogP contribution < -0.4 is 0 Å². The van der Waals surface area contributed by atoms with Crippen LogP contribution in [0, 0.1) is 22.0 Å². The van der Waals surface area contributed by atoms with Gasteiger partial charge in [0.25, 0.3) is 5.00 Å². The van der Waals surface area contributed by atoms with Gasteiger partial charge in [0, 0.05) is 17.3 Å². The molecule has 2 bridgehead atoms. The van der Waals surface area contributed by atoms with E-state index in [1.54, 1.807) is 0 Å². The van der Waals surface area contributed by atoms with E-state index >= 15 is 0 Å². The molecule has 0 amide bonds. The Labute approximate surface area is 69.9 Å². The fourth-order valence-electron chi connectivity index (χ4n) is 2.46. The summed E-state index contributed by atoms with van der Waals surface area (Å²) in [4.78, 5) is 9.20. The zero-order valence-corrected chi connectivity index (χ0v) is 6.88. The van der Waals surface area contributed by atoms with Crippen LogP contribution in [0.1, 0.15) is 25.7 Å². The third-order valence-corrected chi connectivity index (χ3v) is 3.65. The molecule has 2 aliphatic carbocycles. The van der Waals surface area contributed by atoms with E-state index in [0.717, 1.165) is 19.3 Å². The molecular weight excluding hydrogens is 166 g/mol. The van der Waals surface area contributed by atoms with Gasteiger partial charge in [-0.15, -0.1) is 0 Å². The van der Waals surface area contributed by atoms with Crippen molar-refractivity contribution in [1.82, 2.24) is 0 Å². The second kappa shape index (κ2) is 2.09. The second-order valence-electron chi connectivity index (χ2n) is 3.66. The van der Waals surface area contributed by atoms with E-state index in [2.05, 4.69) is 0 Å². The van der Waals surface area contributed by atoms with Crippen LogP contribution >= 0.6 is 11.6 Å². The number of nitro groups is 1. The first-order valence-electron chi connectivity index (χ1n) is 3.96. The van der Waals surface area contributed by atoms with Gasteiger partial charge in [-0.3, -0.25) is 10.1 Å². The van der Waals surface area contributed by atoms with Crippen molar-refractivity contribution in [2.45, 2.75) is 30.7 Å². The van der Waals surface area contributed by atoms with Crippen molar-refractivity contribution >= 4 is 11.6 Å². The molecule has 0 spiro atoms. The van der Waals surface area contributed by atoms with Gasteiger partial charge in [-0.1, -0.05) is 0 Å². The number of alkyl halides is 1. The Balaban J connectivity index is 2.23. The minimum atomic E-state index is -1.09. The third kappa shape index (κ3) is 0.868. The summed E-state index contributed by atoms with van der Waals surface area (Å²) in [7, 11) is 0. The summed E-state index contributed by atoms with van der Waals surface area (Å²) in [6.07, 6.45) is 3.67. The van der Waals surface area contributed by atoms with Crippen LogP contribution in [0.25, 0.3) is 0 Å². The number of nitrogens with zero attached hydrogens (tertiary/aromatic N) is 1. The largest absolute Gasteiger partial charge is 0.297 e. The predicted molar refractivity (Wildman–Crippen MR) is 41.0 cm³/mol. The standard InChI is InChI=1S/C7H10ClNO2/c8-7(9(10)11)4-5-1-2-6(7)3-5/h5-6H,1-4H2. The lowest BCUT2D eigenvalue weighted by atomic mass is 9.95. The minimum absolute atomic E-state index is 0.143. The SMILES string of the molecule is O=[N+]([O-])C1(Cl)CC2CCC1C2. The summed E-state index contributed by atoms with van der Waals surface area (Å²) in [6, 6.07) is 0. The van der Waals surface area contributed by atoms with E-state index in [-0.39, 0.29) is 10.8 Å². The molecule has 11 heavy (non-hydrogen) atoms. The quantitative estimate of drug-likeness (QED) is 0.265. The van der Waals surface area contributed by atoms with Crippen LogP contribution in [0.5, 0.6) is 0 Å². The number of hydrogen-bond acceptors (Lipinski definition) is 2. The molecule has 0 saturated heterocycles. The first-order chi connectivity index (χ1) is 5.13. The zero-order chi connectivity index (χ0) is 8.06. The van der Waals surface area contributed by atoms with Crippen molar-refractivity contribution in [1.29, 1.82) is 0 Å². The molecule has 2 rings (SSSR count). The van der Waals surface area contributed by atoms with E-state index in [1.807, 2.05) is 0 Å². The van der Waals surface area contributed by atoms with Crippen LogP contribution in [-0.2, 0) is 0 Å². The topological polar surface area (TPSA) is 43.1 Å². The third-order valence-electron chi connectivity index (χ3n) is 3.05. The molecule has 0 aromatic carbocycles. The van der Waals surface area contributed by atoms with Gasteiger partial charge in [-0.2, -0.15) is 0 Å². The fourth-order valence-corrected chi connectivity index (χ4v) is 2.87. The van der Waals surface area contributed by atoms with Crippen molar-refractivity contribution in [3.05, 3.63) is 10.1 Å². The summed E-state index contributed by atoms with van der Waals surface area (Å²) in [5.74, 6) is 0.673. The maximum Gasteiger partial charge on any atom is 0.297 e. The van der Waals surface area contributed by atoms with Gasteiger partial charge in [0.05, 0.1) is 0 Å². The Morgan fingerprint density at radius 3 is 2.55 bits per heavy atom. The highest BCUT2D eigenvalue weighted by Gasteiger charge is 2.58. The highest BCUT2D eigenvalue weighted by Crippen LogP contribution is 2.54. The zero-order valence-electron chi connectivity index (χ0n) is 6.12. The lowest BCUT2D eigenvalue weighted by Gasteiger charge is -2.22. The average molecular weight is 176 g/mol. The monoisotopic (exact) mass is 175 g/mol. The van der Waals surface area contributed by atoms with Gasteiger partial charge in [0.15, 0.2) is 0 Å². The van der Waals surface area contributed by atoms with Crippen LogP contribution in [0.2, 0.25) is 0 Å². The van der Waals surface area contributed by atoms with Gasteiger partial charge >= 0.3 is 0 Å². The summed E-state index contributed by atoms with van der Waals surface area (Å²) in [5, 5.41) is 10.6. The maximum atomic E-state index is 10.6. The Morgan fingerprint density at radius 2 is 2.27 bits per heavy atom. The van der Waals surface area contributed by atoms with Gasteiger partial charge in [-0.25, -0.2) is 0 Å². The molecule has 0 radical (unpaired) electrons. The predicted octanol–water partition coefficient (Wildman–Crippen LogP) is 2.02. The Hall–Kier alpha value is -0.310. The van der Waals surface area contributed by atoms with E-state index in [1.165, 1.54) is 0 Å². The highest BCUT2D eigenvalue weighted by atomic mass is 35.5. The van der Waals surface area contributed by atoms with Gasteiger partial charge < -0.3 is 0 Å². The average Bonchev–Trinajstić information content (AvgIpc) is 2.45. The number of fused-ring (bicyclic) bond motifs is 2. The lowest BCUT2D eigenvalue weighted by Crippen LogP contribution is -2.37. The summed E-state index contributed by atoms with van der Waals surface area (Å²) in [6.45, 7) is 0. The molecule has 3 atom stereocenters. The minimum Gasteiger partial charge on any atom is -0.263 e. The van der Waals surface area contributed by atoms with Gasteiger partial charge in [-0.05, 0) is 36.8 Å². The lowest BCUT2D eigenvalue weighted by molar-refractivity contribution is -0.550. The van der Waals surface area contributed by atoms with Gasteiger partial charge in [0.2, 0.25) is 0 Å². The van der Waals surface area contributed by atoms with E-state index in [4.69, 9.17) is 11.6 Å². The van der Waals surface area contributed by atoms with Crippen molar-refractivity contribution in [2.24, 2.45) is 11.8 Å². The number of rotatable bonds is 1. The fraction of sp³-hybridized carbons (Fsp3) is 1.00. The molecule has 0 aliphatic heterocycles. The molecule has 2 fully saturated rings. The molecule has 4 heteroatoms. The molecule has 0 aromatic heterocycles. The Morgan fingerprint density at radius 1 is 1.55 bits per heavy atom. The maximum absolute atomic E-state index is 10.6. The highest BCUT2D eigenvalue weighted by molar-refractivity contribution is 6.23. The van der Waals surface area contributed by atoms with Crippen LogP contribution in [-0.4, -0.2) is 9.92 Å². The van der Waals surface area contributed by atoms with E-state index < -0.39 is 5.00 Å². The number of halogens is 1. The Kier molecular flexibility index (Phi) is 1.40. The van der Waals surface area contributed by atoms with Crippen molar-refractivity contribution < 1.29 is 4.92 Å². The van der Waals surface area contributed by atoms with Crippen LogP contribution in [0.3, 0.4) is 0 Å². The first-order valence-corrected chi connectivity index (χ1v) is 4.34. The van der Waals surface area contributed by atoms with Crippen molar-refractivity contribution in [3.63, 3.8) is 0 Å². The normalized spacial score (nSPS) is 48.1. The Bertz CT molecular complexity index is 209. The first kappa shape index (κ1) is 7.35. The molecular formula is C7H10ClNO2. The van der Waals surface area contributed by atoms with Crippen molar-refractivity contribution in [2.75, 3.05) is 0 Å². The van der Waals surface area contributed by atoms with Crippen LogP contribution in [0.4, 0.5) is 0 Å². The summed E-state index contributed by atoms with van der Waals surface area (Å²) in [5.41, 5.74) is 0. The molecule has 0 N–H and O–H groups in total. The van der Waals surface area contributed by atoms with Gasteiger partial charge in [0.1, 0.15) is 0 Å².